The predicted octanol–water partition coefficient (Wildman–Crippen LogP) is 2.47. The number of halogens is 3. The van der Waals surface area contributed by atoms with E-state index in [9.17, 15) is 13.2 Å². The van der Waals surface area contributed by atoms with E-state index in [-0.39, 0.29) is 23.6 Å². The van der Waals surface area contributed by atoms with E-state index in [1.807, 2.05) is 13.0 Å². The predicted molar refractivity (Wildman–Crippen MR) is 50.8 cm³/mol. The molecule has 0 N–H and O–H groups in total. The molecule has 0 aliphatic heterocycles. The van der Waals surface area contributed by atoms with Crippen LogP contribution in [0.25, 0.3) is 0 Å². The monoisotopic (exact) mass is 226 g/mol. The van der Waals surface area contributed by atoms with Crippen molar-refractivity contribution in [2.75, 3.05) is 19.3 Å². The van der Waals surface area contributed by atoms with Gasteiger partial charge in [-0.1, -0.05) is 0 Å². The lowest BCUT2D eigenvalue weighted by molar-refractivity contribution is -0.0328. The zero-order chi connectivity index (χ0) is 11.2. The molecule has 1 unspecified atom stereocenters. The highest BCUT2D eigenvalue weighted by Crippen LogP contribution is 2.29. The van der Waals surface area contributed by atoms with Crippen molar-refractivity contribution in [2.24, 2.45) is 0 Å². The Balaban J connectivity index is 3.64. The largest absolute Gasteiger partial charge is 0.441 e. The van der Waals surface area contributed by atoms with Crippen LogP contribution in [0.2, 0.25) is 0 Å². The summed E-state index contributed by atoms with van der Waals surface area (Å²) in [6, 6.07) is 1.99. The molecule has 0 aliphatic carbocycles. The molecule has 0 heterocycles. The Kier molecular flexibility index (Phi) is 5.96. The van der Waals surface area contributed by atoms with Crippen molar-refractivity contribution in [3.05, 3.63) is 0 Å². The van der Waals surface area contributed by atoms with Crippen molar-refractivity contribution in [1.82, 2.24) is 4.90 Å². The van der Waals surface area contributed by atoms with Gasteiger partial charge in [0.1, 0.15) is 0 Å². The summed E-state index contributed by atoms with van der Waals surface area (Å²) < 4.78 is 35.2. The van der Waals surface area contributed by atoms with Gasteiger partial charge in [0.2, 0.25) is 0 Å². The summed E-state index contributed by atoms with van der Waals surface area (Å²) in [5.41, 5.74) is -4.15. The lowest BCUT2D eigenvalue weighted by Gasteiger charge is -2.22. The third-order valence-electron chi connectivity index (χ3n) is 1.85. The van der Waals surface area contributed by atoms with Crippen LogP contribution in [0.15, 0.2) is 0 Å². The second-order valence-electron chi connectivity index (χ2n) is 2.99. The molecule has 0 amide bonds. The van der Waals surface area contributed by atoms with Crippen LogP contribution in [-0.2, 0) is 0 Å². The van der Waals surface area contributed by atoms with Crippen LogP contribution in [0, 0.1) is 11.3 Å². The molecule has 14 heavy (non-hydrogen) atoms. The fourth-order valence-corrected chi connectivity index (χ4v) is 1.42. The van der Waals surface area contributed by atoms with Crippen LogP contribution in [0.3, 0.4) is 0 Å². The van der Waals surface area contributed by atoms with Gasteiger partial charge in [0.05, 0.1) is 12.5 Å². The van der Waals surface area contributed by atoms with Gasteiger partial charge in [-0.25, -0.2) is 0 Å². The first kappa shape index (κ1) is 13.6. The molecule has 0 saturated heterocycles. The molecular weight excluding hydrogens is 213 g/mol. The molecule has 0 aromatic carbocycles. The molecular formula is C8H13F3N2S. The van der Waals surface area contributed by atoms with E-state index in [0.717, 1.165) is 0 Å². The minimum atomic E-state index is -4.15. The number of rotatable bonds is 5. The van der Waals surface area contributed by atoms with Crippen LogP contribution in [0.5, 0.6) is 0 Å². The van der Waals surface area contributed by atoms with E-state index in [2.05, 4.69) is 0 Å². The normalized spacial score (nSPS) is 14.1. The molecule has 0 aliphatic rings. The molecule has 0 aromatic rings. The second-order valence-corrected chi connectivity index (χ2v) is 4.15. The van der Waals surface area contributed by atoms with Crippen molar-refractivity contribution in [3.8, 4) is 6.07 Å². The van der Waals surface area contributed by atoms with Crippen molar-refractivity contribution < 1.29 is 13.2 Å². The SMILES string of the molecule is CC(CC#N)N(C)CCSC(F)(F)F. The van der Waals surface area contributed by atoms with Gasteiger partial charge in [-0.2, -0.15) is 18.4 Å². The molecule has 2 nitrogen and oxygen atoms in total. The molecule has 0 spiro atoms. The van der Waals surface area contributed by atoms with Crippen molar-refractivity contribution in [2.45, 2.75) is 24.9 Å². The van der Waals surface area contributed by atoms with Crippen LogP contribution in [-0.4, -0.2) is 35.8 Å². The maximum Gasteiger partial charge on any atom is 0.441 e. The van der Waals surface area contributed by atoms with Gasteiger partial charge in [0.15, 0.2) is 0 Å². The summed E-state index contributed by atoms with van der Waals surface area (Å²) in [7, 11) is 1.72. The molecule has 0 rings (SSSR count). The topological polar surface area (TPSA) is 27.0 Å². The Morgan fingerprint density at radius 2 is 2.07 bits per heavy atom. The zero-order valence-corrected chi connectivity index (χ0v) is 8.95. The highest BCUT2D eigenvalue weighted by atomic mass is 32.2. The Bertz CT molecular complexity index is 200. The lowest BCUT2D eigenvalue weighted by Crippen LogP contribution is -2.31. The van der Waals surface area contributed by atoms with Gasteiger partial charge in [0.25, 0.3) is 0 Å². The summed E-state index contributed by atoms with van der Waals surface area (Å²) in [6.45, 7) is 2.16. The quantitative estimate of drug-likeness (QED) is 0.720. The zero-order valence-electron chi connectivity index (χ0n) is 8.14. The first-order valence-corrected chi connectivity index (χ1v) is 5.13. The van der Waals surface area contributed by atoms with Crippen molar-refractivity contribution >= 4 is 11.8 Å². The van der Waals surface area contributed by atoms with Crippen molar-refractivity contribution in [3.63, 3.8) is 0 Å². The molecule has 0 radical (unpaired) electrons. The summed E-state index contributed by atoms with van der Waals surface area (Å²) in [6.07, 6.45) is 0.340. The highest BCUT2D eigenvalue weighted by molar-refractivity contribution is 8.00. The summed E-state index contributed by atoms with van der Waals surface area (Å²) in [5.74, 6) is 0.00969. The van der Waals surface area contributed by atoms with Gasteiger partial charge in [-0.05, 0) is 25.7 Å². The molecule has 1 atom stereocenters. The standard InChI is InChI=1S/C8H13F3N2S/c1-7(3-4-12)13(2)5-6-14-8(9,10)11/h7H,3,5-6H2,1-2H3. The van der Waals surface area contributed by atoms with E-state index >= 15 is 0 Å². The first-order chi connectivity index (χ1) is 6.37. The van der Waals surface area contributed by atoms with E-state index < -0.39 is 5.51 Å². The van der Waals surface area contributed by atoms with Gasteiger partial charge in [0, 0.05) is 18.3 Å². The van der Waals surface area contributed by atoms with Crippen molar-refractivity contribution in [1.29, 1.82) is 5.26 Å². The number of nitriles is 1. The van der Waals surface area contributed by atoms with Gasteiger partial charge in [-0.15, -0.1) is 0 Å². The molecule has 0 saturated carbocycles. The number of nitrogens with zero attached hydrogens (tertiary/aromatic N) is 2. The fraction of sp³-hybridized carbons (Fsp3) is 0.875. The minimum absolute atomic E-state index is 0.00818. The summed E-state index contributed by atoms with van der Waals surface area (Å²) in [4.78, 5) is 1.75. The minimum Gasteiger partial charge on any atom is -0.302 e. The average Bonchev–Trinajstić information content (AvgIpc) is 2.02. The lowest BCUT2D eigenvalue weighted by atomic mass is 10.2. The second kappa shape index (κ2) is 6.14. The van der Waals surface area contributed by atoms with E-state index in [1.54, 1.807) is 11.9 Å². The number of hydrogen-bond acceptors (Lipinski definition) is 3. The Labute approximate surface area is 86.1 Å². The van der Waals surface area contributed by atoms with Crippen LogP contribution < -0.4 is 0 Å². The number of alkyl halides is 3. The molecule has 6 heteroatoms. The Morgan fingerprint density at radius 3 is 2.50 bits per heavy atom. The van der Waals surface area contributed by atoms with Crippen LogP contribution in [0.4, 0.5) is 13.2 Å². The molecule has 0 bridgehead atoms. The maximum atomic E-state index is 11.7. The van der Waals surface area contributed by atoms with E-state index in [1.165, 1.54) is 0 Å². The molecule has 0 aromatic heterocycles. The summed E-state index contributed by atoms with van der Waals surface area (Å²) >= 11 is -0.0272. The van der Waals surface area contributed by atoms with Gasteiger partial charge in [-0.3, -0.25) is 0 Å². The number of hydrogen-bond donors (Lipinski definition) is 0. The number of thioether (sulfide) groups is 1. The van der Waals surface area contributed by atoms with E-state index in [0.29, 0.717) is 13.0 Å². The fourth-order valence-electron chi connectivity index (χ4n) is 0.814. The summed E-state index contributed by atoms with van der Waals surface area (Å²) in [5, 5.41) is 8.38. The van der Waals surface area contributed by atoms with Crippen LogP contribution >= 0.6 is 11.8 Å². The van der Waals surface area contributed by atoms with E-state index in [4.69, 9.17) is 5.26 Å². The van der Waals surface area contributed by atoms with Gasteiger partial charge >= 0.3 is 5.51 Å². The average molecular weight is 226 g/mol. The smallest absolute Gasteiger partial charge is 0.302 e. The first-order valence-electron chi connectivity index (χ1n) is 4.14. The Hall–Kier alpha value is -0.410. The van der Waals surface area contributed by atoms with Crippen LogP contribution in [0.1, 0.15) is 13.3 Å². The third-order valence-corrected chi connectivity index (χ3v) is 2.56. The third kappa shape index (κ3) is 7.04. The molecule has 82 valence electrons. The van der Waals surface area contributed by atoms with Gasteiger partial charge < -0.3 is 4.90 Å². The Morgan fingerprint density at radius 1 is 1.50 bits per heavy atom. The molecule has 0 fully saturated rings. The maximum absolute atomic E-state index is 11.7. The highest BCUT2D eigenvalue weighted by Gasteiger charge is 2.27.